The van der Waals surface area contributed by atoms with Crippen LogP contribution in [0.1, 0.15) is 33.5 Å². The minimum Gasteiger partial charge on any atom is -0.356 e. The smallest absolute Gasteiger partial charge is 0.255 e. The first-order valence-electron chi connectivity index (χ1n) is 9.24. The van der Waals surface area contributed by atoms with Gasteiger partial charge in [-0.15, -0.1) is 0 Å². The summed E-state index contributed by atoms with van der Waals surface area (Å²) < 4.78 is 1.86. The van der Waals surface area contributed by atoms with Crippen LogP contribution in [0, 0.1) is 0 Å². The Morgan fingerprint density at radius 2 is 1.70 bits per heavy atom. The van der Waals surface area contributed by atoms with Crippen LogP contribution in [-0.2, 0) is 13.5 Å². The van der Waals surface area contributed by atoms with Gasteiger partial charge >= 0.3 is 0 Å². The maximum atomic E-state index is 12.9. The average Bonchev–Trinajstić information content (AvgIpc) is 3.32. The second-order valence-electron chi connectivity index (χ2n) is 6.92. The molecule has 140 valence electrons. The Kier molecular flexibility index (Phi) is 4.43. The van der Waals surface area contributed by atoms with Gasteiger partial charge in [0.25, 0.3) is 11.8 Å². The van der Waals surface area contributed by atoms with E-state index in [0.29, 0.717) is 37.3 Å². The predicted molar refractivity (Wildman–Crippen MR) is 103 cm³/mol. The van der Waals surface area contributed by atoms with Crippen molar-refractivity contribution in [3.8, 4) is 0 Å². The zero-order valence-corrected chi connectivity index (χ0v) is 15.6. The Labute approximate surface area is 157 Å². The number of nitrogens with one attached hydrogen (secondary N) is 1. The van der Waals surface area contributed by atoms with E-state index in [1.165, 1.54) is 0 Å². The number of benzene rings is 1. The van der Waals surface area contributed by atoms with Crippen molar-refractivity contribution in [1.29, 1.82) is 0 Å². The quantitative estimate of drug-likeness (QED) is 0.772. The molecular weight excluding hydrogens is 342 g/mol. The zero-order valence-electron chi connectivity index (χ0n) is 15.6. The fourth-order valence-electron chi connectivity index (χ4n) is 3.47. The number of aromatic amines is 1. The van der Waals surface area contributed by atoms with Crippen LogP contribution in [0.3, 0.4) is 0 Å². The molecule has 2 amide bonds. The van der Waals surface area contributed by atoms with Crippen molar-refractivity contribution in [3.05, 3.63) is 53.6 Å². The molecule has 0 atom stereocenters. The van der Waals surface area contributed by atoms with E-state index in [9.17, 15) is 9.59 Å². The molecular formula is C20H23N5O2. The minimum atomic E-state index is -0.00337. The maximum Gasteiger partial charge on any atom is 0.255 e. The largest absolute Gasteiger partial charge is 0.356 e. The van der Waals surface area contributed by atoms with Crippen molar-refractivity contribution in [2.45, 2.75) is 13.3 Å². The van der Waals surface area contributed by atoms with Crippen LogP contribution < -0.4 is 0 Å². The average molecular weight is 365 g/mol. The summed E-state index contributed by atoms with van der Waals surface area (Å²) in [7, 11) is 1.90. The van der Waals surface area contributed by atoms with E-state index in [4.69, 9.17) is 0 Å². The fourth-order valence-corrected chi connectivity index (χ4v) is 3.47. The molecule has 7 nitrogen and oxygen atoms in total. The van der Waals surface area contributed by atoms with E-state index < -0.39 is 0 Å². The molecule has 1 fully saturated rings. The summed E-state index contributed by atoms with van der Waals surface area (Å²) in [5.41, 5.74) is 3.10. The number of aromatic nitrogens is 3. The second kappa shape index (κ2) is 6.90. The van der Waals surface area contributed by atoms with Gasteiger partial charge in [0.1, 0.15) is 5.82 Å². The highest BCUT2D eigenvalue weighted by Crippen LogP contribution is 2.17. The molecule has 1 aliphatic heterocycles. The van der Waals surface area contributed by atoms with Crippen molar-refractivity contribution in [2.75, 3.05) is 26.2 Å². The Bertz CT molecular complexity index is 995. The minimum absolute atomic E-state index is 0.00337. The Balaban J connectivity index is 1.43. The standard InChI is InChI=1S/C20H23N5O2/c1-3-18-21-16-5-4-14(12-17(16)22-18)19(26)24-8-10-25(11-9-24)20(27)15-6-7-23(2)13-15/h4-7,12-13H,3,8-11H2,1-2H3,(H,21,22). The summed E-state index contributed by atoms with van der Waals surface area (Å²) in [5.74, 6) is 0.938. The SMILES string of the molecule is CCc1nc2ccc(C(=O)N3CCN(C(=O)c4ccn(C)c4)CC3)cc2[nH]1. The number of H-pyrrole nitrogens is 1. The Morgan fingerprint density at radius 1 is 1.04 bits per heavy atom. The summed E-state index contributed by atoms with van der Waals surface area (Å²) in [4.78, 5) is 36.7. The Morgan fingerprint density at radius 3 is 2.30 bits per heavy atom. The van der Waals surface area contributed by atoms with Crippen molar-refractivity contribution >= 4 is 22.8 Å². The topological polar surface area (TPSA) is 74.2 Å². The molecule has 0 spiro atoms. The van der Waals surface area contributed by atoms with Crippen LogP contribution in [0.15, 0.2) is 36.7 Å². The number of fused-ring (bicyclic) bond motifs is 1. The van der Waals surface area contributed by atoms with Crippen LogP contribution in [0.4, 0.5) is 0 Å². The lowest BCUT2D eigenvalue weighted by Gasteiger charge is -2.34. The van der Waals surface area contributed by atoms with Gasteiger partial charge in [-0.25, -0.2) is 4.98 Å². The highest BCUT2D eigenvalue weighted by molar-refractivity contribution is 5.98. The number of imidazole rings is 1. The summed E-state index contributed by atoms with van der Waals surface area (Å²) in [6, 6.07) is 7.40. The first kappa shape index (κ1) is 17.3. The number of carbonyl (C=O) groups is 2. The monoisotopic (exact) mass is 365 g/mol. The third-order valence-corrected chi connectivity index (χ3v) is 5.05. The number of amides is 2. The van der Waals surface area contributed by atoms with Crippen LogP contribution in [0.25, 0.3) is 11.0 Å². The lowest BCUT2D eigenvalue weighted by molar-refractivity contribution is 0.0535. The predicted octanol–water partition coefficient (Wildman–Crippen LogP) is 2.06. The van der Waals surface area contributed by atoms with E-state index in [0.717, 1.165) is 23.3 Å². The van der Waals surface area contributed by atoms with E-state index in [1.807, 2.05) is 65.0 Å². The van der Waals surface area contributed by atoms with Crippen LogP contribution in [-0.4, -0.2) is 62.3 Å². The second-order valence-corrected chi connectivity index (χ2v) is 6.92. The molecule has 0 unspecified atom stereocenters. The van der Waals surface area contributed by atoms with Gasteiger partial charge in [0.2, 0.25) is 0 Å². The Hall–Kier alpha value is -3.09. The van der Waals surface area contributed by atoms with Crippen molar-refractivity contribution in [3.63, 3.8) is 0 Å². The molecule has 4 rings (SSSR count). The maximum absolute atomic E-state index is 12.9. The van der Waals surface area contributed by atoms with Gasteiger partial charge in [-0.3, -0.25) is 9.59 Å². The van der Waals surface area contributed by atoms with Gasteiger partial charge in [0, 0.05) is 57.6 Å². The zero-order chi connectivity index (χ0) is 19.0. The lowest BCUT2D eigenvalue weighted by atomic mass is 10.1. The van der Waals surface area contributed by atoms with Gasteiger partial charge in [-0.05, 0) is 24.3 Å². The molecule has 7 heteroatoms. The fraction of sp³-hybridized carbons (Fsp3) is 0.350. The highest BCUT2D eigenvalue weighted by atomic mass is 16.2. The molecule has 0 bridgehead atoms. The summed E-state index contributed by atoms with van der Waals surface area (Å²) in [5, 5.41) is 0. The third kappa shape index (κ3) is 3.32. The van der Waals surface area contributed by atoms with E-state index in [2.05, 4.69) is 9.97 Å². The molecule has 1 aliphatic rings. The van der Waals surface area contributed by atoms with Crippen molar-refractivity contribution in [2.24, 2.45) is 7.05 Å². The number of rotatable bonds is 3. The number of hydrogen-bond acceptors (Lipinski definition) is 3. The molecule has 0 saturated carbocycles. The first-order valence-corrected chi connectivity index (χ1v) is 9.24. The summed E-state index contributed by atoms with van der Waals surface area (Å²) in [6.07, 6.45) is 4.52. The van der Waals surface area contributed by atoms with Crippen molar-refractivity contribution < 1.29 is 9.59 Å². The van der Waals surface area contributed by atoms with Gasteiger partial charge in [0.15, 0.2) is 0 Å². The molecule has 1 saturated heterocycles. The van der Waals surface area contributed by atoms with Gasteiger partial charge in [-0.2, -0.15) is 0 Å². The molecule has 1 N–H and O–H groups in total. The van der Waals surface area contributed by atoms with E-state index >= 15 is 0 Å². The number of nitrogens with zero attached hydrogens (tertiary/aromatic N) is 4. The summed E-state index contributed by atoms with van der Waals surface area (Å²) in [6.45, 7) is 4.22. The molecule has 27 heavy (non-hydrogen) atoms. The van der Waals surface area contributed by atoms with E-state index in [-0.39, 0.29) is 11.8 Å². The molecule has 3 heterocycles. The van der Waals surface area contributed by atoms with Gasteiger partial charge in [-0.1, -0.05) is 6.92 Å². The molecule has 3 aromatic rings. The van der Waals surface area contributed by atoms with Crippen molar-refractivity contribution in [1.82, 2.24) is 24.3 Å². The molecule has 1 aromatic carbocycles. The molecule has 2 aromatic heterocycles. The van der Waals surface area contributed by atoms with Crippen LogP contribution in [0.2, 0.25) is 0 Å². The van der Waals surface area contributed by atoms with Crippen LogP contribution >= 0.6 is 0 Å². The van der Waals surface area contributed by atoms with Crippen LogP contribution in [0.5, 0.6) is 0 Å². The first-order chi connectivity index (χ1) is 13.0. The lowest BCUT2D eigenvalue weighted by Crippen LogP contribution is -2.50. The molecule has 0 aliphatic carbocycles. The highest BCUT2D eigenvalue weighted by Gasteiger charge is 2.26. The van der Waals surface area contributed by atoms with Gasteiger partial charge in [0.05, 0.1) is 16.6 Å². The van der Waals surface area contributed by atoms with E-state index in [1.54, 1.807) is 0 Å². The van der Waals surface area contributed by atoms with Gasteiger partial charge < -0.3 is 19.4 Å². The number of aryl methyl sites for hydroxylation is 2. The third-order valence-electron chi connectivity index (χ3n) is 5.05. The normalized spacial score (nSPS) is 14.7. The number of carbonyl (C=O) groups excluding carboxylic acids is 2. The number of hydrogen-bond donors (Lipinski definition) is 1. The molecule has 0 radical (unpaired) electrons. The number of piperazine rings is 1. The summed E-state index contributed by atoms with van der Waals surface area (Å²) >= 11 is 0.